The molecule has 2 heteroatoms. The molecule has 0 aliphatic heterocycles. The highest BCUT2D eigenvalue weighted by atomic mass is 16.4. The van der Waals surface area contributed by atoms with Crippen LogP contribution < -0.4 is 0 Å². The number of oxime groups is 1. The quantitative estimate of drug-likeness (QED) is 0.453. The molecule has 0 saturated heterocycles. The van der Waals surface area contributed by atoms with Gasteiger partial charge in [-0.1, -0.05) is 48.5 Å². The van der Waals surface area contributed by atoms with Gasteiger partial charge in [-0.2, -0.15) is 0 Å². The summed E-state index contributed by atoms with van der Waals surface area (Å²) in [7, 11) is 0. The first-order chi connectivity index (χ1) is 8.72. The molecular formula is C16H15NO. The van der Waals surface area contributed by atoms with E-state index in [1.54, 1.807) is 0 Å². The average Bonchev–Trinajstić information content (AvgIpc) is 2.72. The molecule has 1 aliphatic rings. The van der Waals surface area contributed by atoms with Crippen LogP contribution in [0.5, 0.6) is 0 Å². The van der Waals surface area contributed by atoms with E-state index in [1.807, 2.05) is 13.0 Å². The maximum absolute atomic E-state index is 8.86. The molecule has 90 valence electrons. The Hall–Kier alpha value is -2.09. The van der Waals surface area contributed by atoms with Gasteiger partial charge in [-0.3, -0.25) is 0 Å². The van der Waals surface area contributed by atoms with E-state index < -0.39 is 0 Å². The third-order valence-electron chi connectivity index (χ3n) is 3.80. The van der Waals surface area contributed by atoms with Gasteiger partial charge in [0.2, 0.25) is 0 Å². The molecule has 3 rings (SSSR count). The lowest BCUT2D eigenvalue weighted by atomic mass is 9.97. The smallest absolute Gasteiger partial charge is 0.0837 e. The van der Waals surface area contributed by atoms with Crippen molar-refractivity contribution in [3.8, 4) is 11.1 Å². The summed E-state index contributed by atoms with van der Waals surface area (Å²) in [4.78, 5) is 0. The largest absolute Gasteiger partial charge is 0.411 e. The van der Waals surface area contributed by atoms with Gasteiger partial charge >= 0.3 is 0 Å². The normalized spacial score (nSPS) is 17.4. The molecule has 0 amide bonds. The highest BCUT2D eigenvalue weighted by Crippen LogP contribution is 2.44. The van der Waals surface area contributed by atoms with E-state index in [9.17, 15) is 0 Å². The fourth-order valence-corrected chi connectivity index (χ4v) is 2.74. The first kappa shape index (κ1) is 11.0. The van der Waals surface area contributed by atoms with Crippen LogP contribution in [0.1, 0.15) is 36.5 Å². The monoisotopic (exact) mass is 237 g/mol. The minimum atomic E-state index is 0.405. The predicted molar refractivity (Wildman–Crippen MR) is 73.4 cm³/mol. The number of hydrogen-bond acceptors (Lipinski definition) is 2. The fourth-order valence-electron chi connectivity index (χ4n) is 2.74. The van der Waals surface area contributed by atoms with Crippen LogP contribution in [0.2, 0.25) is 0 Å². The second kappa shape index (κ2) is 3.98. The molecule has 2 nitrogen and oxygen atoms in total. The minimum absolute atomic E-state index is 0.405. The molecule has 1 aliphatic carbocycles. The second-order valence-corrected chi connectivity index (χ2v) is 4.80. The number of fused-ring (bicyclic) bond motifs is 3. The van der Waals surface area contributed by atoms with Crippen molar-refractivity contribution in [2.75, 3.05) is 0 Å². The minimum Gasteiger partial charge on any atom is -0.411 e. The molecule has 1 unspecified atom stereocenters. The Bertz CT molecular complexity index is 643. The van der Waals surface area contributed by atoms with Crippen molar-refractivity contribution in [3.63, 3.8) is 0 Å². The van der Waals surface area contributed by atoms with Crippen molar-refractivity contribution in [1.82, 2.24) is 0 Å². The zero-order valence-electron chi connectivity index (χ0n) is 10.5. The van der Waals surface area contributed by atoms with Crippen molar-refractivity contribution >= 4 is 5.71 Å². The van der Waals surface area contributed by atoms with Crippen molar-refractivity contribution in [2.24, 2.45) is 5.16 Å². The zero-order valence-corrected chi connectivity index (χ0v) is 10.5. The van der Waals surface area contributed by atoms with Gasteiger partial charge in [-0.05, 0) is 40.8 Å². The maximum Gasteiger partial charge on any atom is 0.0837 e. The van der Waals surface area contributed by atoms with Crippen LogP contribution in [0, 0.1) is 0 Å². The van der Waals surface area contributed by atoms with Crippen LogP contribution in [-0.4, -0.2) is 10.9 Å². The molecule has 0 aromatic heterocycles. The lowest BCUT2D eigenvalue weighted by molar-refractivity contribution is 0.319. The maximum atomic E-state index is 8.86. The molecule has 0 fully saturated rings. The van der Waals surface area contributed by atoms with E-state index in [0.717, 1.165) is 5.56 Å². The lowest BCUT2D eigenvalue weighted by Crippen LogP contribution is -1.97. The number of nitrogens with zero attached hydrogens (tertiary/aromatic N) is 1. The SMILES string of the molecule is C/C(=N/O)c1ccc2c(c1)C(C)c1ccccc1-2. The summed E-state index contributed by atoms with van der Waals surface area (Å²) >= 11 is 0. The third kappa shape index (κ3) is 1.46. The van der Waals surface area contributed by atoms with E-state index in [2.05, 4.69) is 48.5 Å². The predicted octanol–water partition coefficient (Wildman–Crippen LogP) is 4.02. The molecule has 0 saturated carbocycles. The van der Waals surface area contributed by atoms with Gasteiger partial charge in [0.1, 0.15) is 0 Å². The number of benzene rings is 2. The Morgan fingerprint density at radius 2 is 1.78 bits per heavy atom. The molecule has 0 spiro atoms. The van der Waals surface area contributed by atoms with Crippen LogP contribution >= 0.6 is 0 Å². The summed E-state index contributed by atoms with van der Waals surface area (Å²) in [5.74, 6) is 0.405. The second-order valence-electron chi connectivity index (χ2n) is 4.80. The fraction of sp³-hybridized carbons (Fsp3) is 0.188. The Morgan fingerprint density at radius 3 is 2.56 bits per heavy atom. The van der Waals surface area contributed by atoms with Crippen LogP contribution in [-0.2, 0) is 0 Å². The zero-order chi connectivity index (χ0) is 12.7. The third-order valence-corrected chi connectivity index (χ3v) is 3.80. The van der Waals surface area contributed by atoms with Crippen LogP contribution in [0.15, 0.2) is 47.6 Å². The molecular weight excluding hydrogens is 222 g/mol. The summed E-state index contributed by atoms with van der Waals surface area (Å²) < 4.78 is 0. The van der Waals surface area contributed by atoms with Crippen molar-refractivity contribution < 1.29 is 5.21 Å². The molecule has 1 atom stereocenters. The molecule has 0 radical (unpaired) electrons. The van der Waals surface area contributed by atoms with Crippen molar-refractivity contribution in [3.05, 3.63) is 59.2 Å². The van der Waals surface area contributed by atoms with Gasteiger partial charge in [0, 0.05) is 5.92 Å². The van der Waals surface area contributed by atoms with E-state index >= 15 is 0 Å². The first-order valence-electron chi connectivity index (χ1n) is 6.14. The first-order valence-corrected chi connectivity index (χ1v) is 6.14. The van der Waals surface area contributed by atoms with Gasteiger partial charge in [0.05, 0.1) is 5.71 Å². The Labute approximate surface area is 107 Å². The molecule has 2 aromatic carbocycles. The van der Waals surface area contributed by atoms with Crippen molar-refractivity contribution in [2.45, 2.75) is 19.8 Å². The summed E-state index contributed by atoms with van der Waals surface area (Å²) in [5.41, 5.74) is 6.95. The standard InChI is InChI=1S/C16H15NO/c1-10-13-5-3-4-6-14(13)15-8-7-12(9-16(10)15)11(2)17-18/h3-10,18H,1-2H3/b17-11-. The van der Waals surface area contributed by atoms with Crippen molar-refractivity contribution in [1.29, 1.82) is 0 Å². The van der Waals surface area contributed by atoms with Gasteiger partial charge in [-0.25, -0.2) is 0 Å². The highest BCUT2D eigenvalue weighted by Gasteiger charge is 2.25. The van der Waals surface area contributed by atoms with E-state index in [4.69, 9.17) is 5.21 Å². The molecule has 1 N–H and O–H groups in total. The molecule has 0 heterocycles. The number of rotatable bonds is 1. The molecule has 18 heavy (non-hydrogen) atoms. The molecule has 0 bridgehead atoms. The van der Waals surface area contributed by atoms with Crippen LogP contribution in [0.25, 0.3) is 11.1 Å². The van der Waals surface area contributed by atoms with E-state index in [1.165, 1.54) is 22.3 Å². The van der Waals surface area contributed by atoms with Gasteiger partial charge in [0.25, 0.3) is 0 Å². The van der Waals surface area contributed by atoms with Gasteiger partial charge < -0.3 is 5.21 Å². The Balaban J connectivity index is 2.20. The molecule has 2 aromatic rings. The van der Waals surface area contributed by atoms with Crippen LogP contribution in [0.3, 0.4) is 0 Å². The van der Waals surface area contributed by atoms with Gasteiger partial charge in [-0.15, -0.1) is 0 Å². The van der Waals surface area contributed by atoms with Gasteiger partial charge in [0.15, 0.2) is 0 Å². The number of hydrogen-bond donors (Lipinski definition) is 1. The summed E-state index contributed by atoms with van der Waals surface area (Å²) in [6, 6.07) is 14.8. The topological polar surface area (TPSA) is 32.6 Å². The Morgan fingerprint density at radius 1 is 1.06 bits per heavy atom. The summed E-state index contributed by atoms with van der Waals surface area (Å²) in [5, 5.41) is 12.1. The summed E-state index contributed by atoms with van der Waals surface area (Å²) in [6.07, 6.45) is 0. The van der Waals surface area contributed by atoms with E-state index in [-0.39, 0.29) is 0 Å². The average molecular weight is 237 g/mol. The lowest BCUT2D eigenvalue weighted by Gasteiger charge is -2.07. The van der Waals surface area contributed by atoms with Crippen LogP contribution in [0.4, 0.5) is 0 Å². The highest BCUT2D eigenvalue weighted by molar-refractivity contribution is 5.99. The van der Waals surface area contributed by atoms with E-state index in [0.29, 0.717) is 11.6 Å². The summed E-state index contributed by atoms with van der Waals surface area (Å²) in [6.45, 7) is 4.04. The Kier molecular flexibility index (Phi) is 2.44.